The quantitative estimate of drug-likeness (QED) is 0.840. The Morgan fingerprint density at radius 2 is 1.88 bits per heavy atom. The summed E-state index contributed by atoms with van der Waals surface area (Å²) < 4.78 is 5.15. The monoisotopic (exact) mass is 218 g/mol. The molecule has 0 aliphatic rings. The Hall–Kier alpha value is -1.68. The molecule has 0 aliphatic heterocycles. The number of nitrogens with zero attached hydrogens (tertiary/aromatic N) is 2. The molecule has 1 heterocycles. The van der Waals surface area contributed by atoms with Crippen LogP contribution in [0.1, 0.15) is 30.0 Å². The maximum atomic E-state index is 9.34. The van der Waals surface area contributed by atoms with Crippen LogP contribution in [0.5, 0.6) is 0 Å². The molecule has 0 aliphatic carbocycles. The lowest BCUT2D eigenvalue weighted by Crippen LogP contribution is -1.93. The fourth-order valence-corrected chi connectivity index (χ4v) is 1.66. The van der Waals surface area contributed by atoms with Crippen LogP contribution in [0.15, 0.2) is 22.7 Å². The summed E-state index contributed by atoms with van der Waals surface area (Å²) in [5.74, 6) is 0.782. The van der Waals surface area contributed by atoms with Gasteiger partial charge in [-0.3, -0.25) is 0 Å². The fraction of sp³-hybridized carbons (Fsp3) is 0.333. The molecule has 0 spiro atoms. The molecule has 0 saturated carbocycles. The SMILES string of the molecule is Cc1cccc(C)c1-c1nc(C(C)O)no1. The van der Waals surface area contributed by atoms with E-state index in [1.807, 2.05) is 32.0 Å². The van der Waals surface area contributed by atoms with E-state index in [-0.39, 0.29) is 0 Å². The highest BCUT2D eigenvalue weighted by Gasteiger charge is 2.15. The first-order valence-corrected chi connectivity index (χ1v) is 5.18. The Bertz CT molecular complexity index is 483. The molecule has 16 heavy (non-hydrogen) atoms. The van der Waals surface area contributed by atoms with Gasteiger partial charge in [0.15, 0.2) is 5.82 Å². The average molecular weight is 218 g/mol. The molecule has 1 unspecified atom stereocenters. The van der Waals surface area contributed by atoms with Crippen molar-refractivity contribution >= 4 is 0 Å². The molecule has 0 amide bonds. The van der Waals surface area contributed by atoms with Crippen LogP contribution in [0.2, 0.25) is 0 Å². The predicted octanol–water partition coefficient (Wildman–Crippen LogP) is 2.41. The topological polar surface area (TPSA) is 59.2 Å². The van der Waals surface area contributed by atoms with E-state index >= 15 is 0 Å². The molecular weight excluding hydrogens is 204 g/mol. The molecule has 0 bridgehead atoms. The van der Waals surface area contributed by atoms with Crippen molar-refractivity contribution in [3.63, 3.8) is 0 Å². The van der Waals surface area contributed by atoms with E-state index in [9.17, 15) is 5.11 Å². The van der Waals surface area contributed by atoms with Gasteiger partial charge >= 0.3 is 0 Å². The summed E-state index contributed by atoms with van der Waals surface area (Å²) in [6.45, 7) is 5.60. The third-order valence-corrected chi connectivity index (χ3v) is 2.51. The molecule has 4 nitrogen and oxygen atoms in total. The Kier molecular flexibility index (Phi) is 2.75. The number of hydrogen-bond acceptors (Lipinski definition) is 4. The van der Waals surface area contributed by atoms with Crippen molar-refractivity contribution in [2.24, 2.45) is 0 Å². The maximum Gasteiger partial charge on any atom is 0.258 e. The Balaban J connectivity index is 2.50. The van der Waals surface area contributed by atoms with Crippen molar-refractivity contribution in [3.05, 3.63) is 35.2 Å². The zero-order valence-corrected chi connectivity index (χ0v) is 9.56. The summed E-state index contributed by atoms with van der Waals surface area (Å²) in [6, 6.07) is 5.98. The van der Waals surface area contributed by atoms with Crippen LogP contribution in [0, 0.1) is 13.8 Å². The number of benzene rings is 1. The second-order valence-corrected chi connectivity index (χ2v) is 3.90. The molecule has 1 aromatic carbocycles. The smallest absolute Gasteiger partial charge is 0.258 e. The third-order valence-electron chi connectivity index (χ3n) is 2.51. The van der Waals surface area contributed by atoms with Crippen molar-refractivity contribution in [2.45, 2.75) is 26.9 Å². The summed E-state index contributed by atoms with van der Waals surface area (Å²) in [7, 11) is 0. The van der Waals surface area contributed by atoms with Crippen molar-refractivity contribution < 1.29 is 9.63 Å². The highest BCUT2D eigenvalue weighted by Crippen LogP contribution is 2.26. The van der Waals surface area contributed by atoms with E-state index in [2.05, 4.69) is 10.1 Å². The van der Waals surface area contributed by atoms with Crippen molar-refractivity contribution in [2.75, 3.05) is 0 Å². The first kappa shape index (κ1) is 10.8. The van der Waals surface area contributed by atoms with Gasteiger partial charge in [0.2, 0.25) is 0 Å². The van der Waals surface area contributed by atoms with Gasteiger partial charge in [-0.1, -0.05) is 23.4 Å². The second kappa shape index (κ2) is 4.06. The second-order valence-electron chi connectivity index (χ2n) is 3.90. The third kappa shape index (κ3) is 1.84. The molecule has 2 aromatic rings. The van der Waals surface area contributed by atoms with E-state index in [1.54, 1.807) is 6.92 Å². The van der Waals surface area contributed by atoms with E-state index in [4.69, 9.17) is 4.52 Å². The molecule has 0 saturated heterocycles. The first-order chi connectivity index (χ1) is 7.59. The van der Waals surface area contributed by atoms with Gasteiger partial charge in [-0.2, -0.15) is 4.98 Å². The summed E-state index contributed by atoms with van der Waals surface area (Å²) in [5, 5.41) is 13.1. The first-order valence-electron chi connectivity index (χ1n) is 5.18. The molecule has 4 heteroatoms. The van der Waals surface area contributed by atoms with Crippen LogP contribution < -0.4 is 0 Å². The van der Waals surface area contributed by atoms with Gasteiger partial charge in [0, 0.05) is 5.56 Å². The van der Waals surface area contributed by atoms with Crippen molar-refractivity contribution in [3.8, 4) is 11.5 Å². The van der Waals surface area contributed by atoms with Crippen LogP contribution in [0.25, 0.3) is 11.5 Å². The van der Waals surface area contributed by atoms with Crippen LogP contribution in [-0.2, 0) is 0 Å². The normalized spacial score (nSPS) is 12.8. The van der Waals surface area contributed by atoms with Gasteiger partial charge in [0.25, 0.3) is 5.89 Å². The molecule has 84 valence electrons. The largest absolute Gasteiger partial charge is 0.385 e. The van der Waals surface area contributed by atoms with E-state index in [0.717, 1.165) is 16.7 Å². The Morgan fingerprint density at radius 1 is 1.25 bits per heavy atom. The molecular formula is C12H14N2O2. The minimum atomic E-state index is -0.707. The van der Waals surface area contributed by atoms with Gasteiger partial charge in [0.05, 0.1) is 0 Å². The van der Waals surface area contributed by atoms with Gasteiger partial charge in [-0.05, 0) is 31.9 Å². The summed E-state index contributed by atoms with van der Waals surface area (Å²) >= 11 is 0. The Labute approximate surface area is 93.9 Å². The summed E-state index contributed by atoms with van der Waals surface area (Å²) in [4.78, 5) is 4.17. The maximum absolute atomic E-state index is 9.34. The lowest BCUT2D eigenvalue weighted by Gasteiger charge is -2.03. The van der Waals surface area contributed by atoms with Gasteiger partial charge < -0.3 is 9.63 Å². The molecule has 1 N–H and O–H groups in total. The zero-order chi connectivity index (χ0) is 11.7. The highest BCUT2D eigenvalue weighted by atomic mass is 16.5. The number of aliphatic hydroxyl groups is 1. The van der Waals surface area contributed by atoms with Crippen LogP contribution in [0.3, 0.4) is 0 Å². The van der Waals surface area contributed by atoms with Crippen molar-refractivity contribution in [1.29, 1.82) is 0 Å². The number of aryl methyl sites for hydroxylation is 2. The lowest BCUT2D eigenvalue weighted by molar-refractivity contribution is 0.184. The molecule has 1 atom stereocenters. The minimum Gasteiger partial charge on any atom is -0.385 e. The molecule has 1 aromatic heterocycles. The number of rotatable bonds is 2. The van der Waals surface area contributed by atoms with Gasteiger partial charge in [0.1, 0.15) is 6.10 Å². The molecule has 2 rings (SSSR count). The number of hydrogen-bond donors (Lipinski definition) is 1. The van der Waals surface area contributed by atoms with E-state index in [1.165, 1.54) is 0 Å². The number of aliphatic hydroxyl groups excluding tert-OH is 1. The summed E-state index contributed by atoms with van der Waals surface area (Å²) in [6.07, 6.45) is -0.707. The highest BCUT2D eigenvalue weighted by molar-refractivity contribution is 5.62. The molecule has 0 fully saturated rings. The lowest BCUT2D eigenvalue weighted by atomic mass is 10.0. The van der Waals surface area contributed by atoms with Crippen molar-refractivity contribution in [1.82, 2.24) is 10.1 Å². The van der Waals surface area contributed by atoms with Gasteiger partial charge in [-0.15, -0.1) is 0 Å². The average Bonchev–Trinajstić information content (AvgIpc) is 2.66. The Morgan fingerprint density at radius 3 is 2.38 bits per heavy atom. The standard InChI is InChI=1S/C12H14N2O2/c1-7-5-4-6-8(2)10(7)12-13-11(9(3)15)14-16-12/h4-6,9,15H,1-3H3. The zero-order valence-electron chi connectivity index (χ0n) is 9.56. The van der Waals surface area contributed by atoms with Crippen LogP contribution in [0.4, 0.5) is 0 Å². The van der Waals surface area contributed by atoms with Crippen LogP contribution >= 0.6 is 0 Å². The number of aromatic nitrogens is 2. The van der Waals surface area contributed by atoms with E-state index < -0.39 is 6.10 Å². The van der Waals surface area contributed by atoms with Gasteiger partial charge in [-0.25, -0.2) is 0 Å². The fourth-order valence-electron chi connectivity index (χ4n) is 1.66. The molecule has 0 radical (unpaired) electrons. The summed E-state index contributed by atoms with van der Waals surface area (Å²) in [5.41, 5.74) is 3.11. The minimum absolute atomic E-state index is 0.317. The predicted molar refractivity (Wildman–Crippen MR) is 59.8 cm³/mol. The van der Waals surface area contributed by atoms with E-state index in [0.29, 0.717) is 11.7 Å². The van der Waals surface area contributed by atoms with Crippen LogP contribution in [-0.4, -0.2) is 15.2 Å².